The number of aromatic nitrogens is 1. The molecule has 2 aliphatic heterocycles. The summed E-state index contributed by atoms with van der Waals surface area (Å²) in [6.07, 6.45) is 5.88. The van der Waals surface area contributed by atoms with Crippen LogP contribution >= 0.6 is 0 Å². The molecule has 1 N–H and O–H groups in total. The largest absolute Gasteiger partial charge is 0.319 e. The Kier molecular flexibility index (Phi) is 4.19. The van der Waals surface area contributed by atoms with Gasteiger partial charge >= 0.3 is 0 Å². The Morgan fingerprint density at radius 3 is 2.76 bits per heavy atom. The maximum atomic E-state index is 13.1. The Morgan fingerprint density at radius 1 is 1.12 bits per heavy atom. The number of fused-ring (bicyclic) bond motifs is 2. The quantitative estimate of drug-likeness (QED) is 0.916. The monoisotopic (exact) mass is 335 g/mol. The first-order chi connectivity index (χ1) is 12.2. The molecule has 25 heavy (non-hydrogen) atoms. The van der Waals surface area contributed by atoms with Gasteiger partial charge in [0.2, 0.25) is 5.91 Å². The van der Waals surface area contributed by atoms with Crippen molar-refractivity contribution in [1.82, 2.24) is 9.88 Å². The molecule has 6 nitrogen and oxygen atoms in total. The molecule has 1 radical (unpaired) electrons. The van der Waals surface area contributed by atoms with E-state index in [1.807, 2.05) is 6.07 Å². The fourth-order valence-electron chi connectivity index (χ4n) is 3.31. The number of amides is 2. The van der Waals surface area contributed by atoms with Gasteiger partial charge in [-0.25, -0.2) is 4.98 Å². The molecule has 1 aromatic carbocycles. The fourth-order valence-corrected chi connectivity index (χ4v) is 3.31. The summed E-state index contributed by atoms with van der Waals surface area (Å²) in [7, 11) is 0. The molecule has 0 unspecified atom stereocenters. The average molecular weight is 335 g/mol. The molecule has 4 rings (SSSR count). The Labute approximate surface area is 146 Å². The minimum atomic E-state index is -0.229. The number of anilines is 3. The van der Waals surface area contributed by atoms with Gasteiger partial charge in [-0.3, -0.25) is 19.4 Å². The molecule has 0 spiro atoms. The fraction of sp³-hybridized carbons (Fsp3) is 0.263. The third-order valence-electron chi connectivity index (χ3n) is 4.54. The second kappa shape index (κ2) is 6.64. The van der Waals surface area contributed by atoms with Crippen molar-refractivity contribution in [2.24, 2.45) is 0 Å². The zero-order chi connectivity index (χ0) is 17.2. The van der Waals surface area contributed by atoms with E-state index in [-0.39, 0.29) is 11.8 Å². The molecule has 2 aromatic rings. The van der Waals surface area contributed by atoms with Crippen LogP contribution in [0.25, 0.3) is 0 Å². The Bertz CT molecular complexity index is 815. The van der Waals surface area contributed by atoms with Crippen LogP contribution in [0.2, 0.25) is 0 Å². The van der Waals surface area contributed by atoms with Gasteiger partial charge in [0.25, 0.3) is 5.91 Å². The normalized spacial score (nSPS) is 17.3. The Morgan fingerprint density at radius 2 is 1.92 bits per heavy atom. The van der Waals surface area contributed by atoms with E-state index >= 15 is 0 Å². The molecule has 2 amide bonds. The Balaban J connectivity index is 1.75. The minimum Gasteiger partial charge on any atom is -0.319 e. The van der Waals surface area contributed by atoms with Crippen LogP contribution in [0.1, 0.15) is 23.2 Å². The molecule has 1 saturated heterocycles. The summed E-state index contributed by atoms with van der Waals surface area (Å²) in [6.45, 7) is 2.08. The van der Waals surface area contributed by atoms with Crippen LogP contribution < -0.4 is 10.2 Å². The van der Waals surface area contributed by atoms with Gasteiger partial charge in [-0.05, 0) is 56.6 Å². The number of carbonyl (C=O) groups excluding carboxylic acids is 2. The number of piperidine rings is 1. The van der Waals surface area contributed by atoms with Crippen molar-refractivity contribution in [1.29, 1.82) is 0 Å². The molecule has 1 aromatic heterocycles. The molecule has 0 aliphatic carbocycles. The van der Waals surface area contributed by atoms with Crippen LogP contribution in [0.4, 0.5) is 17.2 Å². The molecule has 127 valence electrons. The summed E-state index contributed by atoms with van der Waals surface area (Å²) in [6, 6.07) is 10.7. The number of nitrogens with one attached hydrogen (secondary N) is 1. The summed E-state index contributed by atoms with van der Waals surface area (Å²) in [5.41, 5.74) is 1.59. The molecule has 0 atom stereocenters. The summed E-state index contributed by atoms with van der Waals surface area (Å²) in [4.78, 5) is 33.8. The van der Waals surface area contributed by atoms with Crippen molar-refractivity contribution in [3.8, 4) is 0 Å². The van der Waals surface area contributed by atoms with Gasteiger partial charge in [0.15, 0.2) is 5.82 Å². The average Bonchev–Trinajstić information content (AvgIpc) is 2.76. The van der Waals surface area contributed by atoms with Gasteiger partial charge in [0.1, 0.15) is 0 Å². The lowest BCUT2D eigenvalue weighted by molar-refractivity contribution is -0.119. The van der Waals surface area contributed by atoms with Crippen LogP contribution in [0.5, 0.6) is 0 Å². The standard InChI is InChI=1S/C19H19N4O2/c24-17(13-22-11-4-1-5-12-22)23-16-9-3-2-7-14(16)19(25)21-15-8-6-10-20-18(15)23/h1-3,6-10H,4-5,11-13H2,(H,21,25). The first kappa shape index (κ1) is 15.8. The highest BCUT2D eigenvalue weighted by molar-refractivity contribution is 6.17. The van der Waals surface area contributed by atoms with Gasteiger partial charge in [-0.1, -0.05) is 12.1 Å². The first-order valence-electron chi connectivity index (χ1n) is 8.46. The van der Waals surface area contributed by atoms with Crippen molar-refractivity contribution in [2.45, 2.75) is 12.8 Å². The lowest BCUT2D eigenvalue weighted by atomic mass is 10.1. The number of para-hydroxylation sites is 1. The predicted molar refractivity (Wildman–Crippen MR) is 95.8 cm³/mol. The lowest BCUT2D eigenvalue weighted by Gasteiger charge is -2.29. The minimum absolute atomic E-state index is 0.0780. The maximum absolute atomic E-state index is 13.1. The SMILES string of the molecule is O=C1Nc2cccnc2N(C(=O)CN2CC[CH]CC2)c2ccccc21. The van der Waals surface area contributed by atoms with Gasteiger partial charge < -0.3 is 5.32 Å². The van der Waals surface area contributed by atoms with Crippen LogP contribution in [-0.2, 0) is 4.79 Å². The first-order valence-corrected chi connectivity index (χ1v) is 8.46. The number of benzene rings is 1. The van der Waals surface area contributed by atoms with Crippen molar-refractivity contribution >= 4 is 29.0 Å². The van der Waals surface area contributed by atoms with E-state index in [4.69, 9.17) is 0 Å². The summed E-state index contributed by atoms with van der Waals surface area (Å²) in [5.74, 6) is 0.160. The lowest BCUT2D eigenvalue weighted by Crippen LogP contribution is -2.41. The Hall–Kier alpha value is -2.73. The second-order valence-electron chi connectivity index (χ2n) is 6.22. The van der Waals surface area contributed by atoms with E-state index in [2.05, 4.69) is 21.6 Å². The number of hydrogen-bond donors (Lipinski definition) is 1. The zero-order valence-electron chi connectivity index (χ0n) is 13.8. The molecule has 6 heteroatoms. The highest BCUT2D eigenvalue weighted by atomic mass is 16.2. The number of pyridine rings is 1. The number of hydrogen-bond acceptors (Lipinski definition) is 4. The number of nitrogens with zero attached hydrogens (tertiary/aromatic N) is 3. The van der Waals surface area contributed by atoms with Crippen LogP contribution in [0.3, 0.4) is 0 Å². The van der Waals surface area contributed by atoms with Crippen molar-refractivity contribution in [3.05, 3.63) is 54.6 Å². The van der Waals surface area contributed by atoms with E-state index in [9.17, 15) is 9.59 Å². The van der Waals surface area contributed by atoms with E-state index in [1.54, 1.807) is 41.4 Å². The number of carbonyl (C=O) groups is 2. The molecular formula is C19H19N4O2. The zero-order valence-corrected chi connectivity index (χ0v) is 13.8. The van der Waals surface area contributed by atoms with Crippen LogP contribution in [-0.4, -0.2) is 41.3 Å². The smallest absolute Gasteiger partial charge is 0.257 e. The van der Waals surface area contributed by atoms with E-state index in [1.165, 1.54) is 0 Å². The van der Waals surface area contributed by atoms with Gasteiger partial charge in [0, 0.05) is 6.20 Å². The third kappa shape index (κ3) is 3.00. The summed E-state index contributed by atoms with van der Waals surface area (Å²) in [5, 5.41) is 2.85. The van der Waals surface area contributed by atoms with Gasteiger partial charge in [0.05, 0.1) is 23.5 Å². The summed E-state index contributed by atoms with van der Waals surface area (Å²) < 4.78 is 0. The second-order valence-corrected chi connectivity index (χ2v) is 6.22. The van der Waals surface area contributed by atoms with Crippen LogP contribution in [0.15, 0.2) is 42.6 Å². The van der Waals surface area contributed by atoms with Gasteiger partial charge in [-0.15, -0.1) is 0 Å². The van der Waals surface area contributed by atoms with E-state index in [0.717, 1.165) is 25.9 Å². The van der Waals surface area contributed by atoms with E-state index in [0.29, 0.717) is 29.3 Å². The maximum Gasteiger partial charge on any atom is 0.257 e. The predicted octanol–water partition coefficient (Wildman–Crippen LogP) is 2.61. The van der Waals surface area contributed by atoms with Crippen molar-refractivity contribution in [3.63, 3.8) is 0 Å². The number of likely N-dealkylation sites (tertiary alicyclic amines) is 1. The van der Waals surface area contributed by atoms with Crippen molar-refractivity contribution in [2.75, 3.05) is 29.9 Å². The third-order valence-corrected chi connectivity index (χ3v) is 4.54. The highest BCUT2D eigenvalue weighted by Gasteiger charge is 2.31. The summed E-state index contributed by atoms with van der Waals surface area (Å²) >= 11 is 0. The molecular weight excluding hydrogens is 316 g/mol. The topological polar surface area (TPSA) is 65.5 Å². The highest BCUT2D eigenvalue weighted by Crippen LogP contribution is 2.36. The molecule has 0 saturated carbocycles. The van der Waals surface area contributed by atoms with E-state index < -0.39 is 0 Å². The molecule has 0 bridgehead atoms. The van der Waals surface area contributed by atoms with Crippen molar-refractivity contribution < 1.29 is 9.59 Å². The molecule has 3 heterocycles. The van der Waals surface area contributed by atoms with Gasteiger partial charge in [-0.2, -0.15) is 0 Å². The molecule has 2 aliphatic rings. The number of rotatable bonds is 2. The molecule has 1 fully saturated rings. The van der Waals surface area contributed by atoms with Crippen LogP contribution in [0, 0.1) is 6.42 Å².